The van der Waals surface area contributed by atoms with Gasteiger partial charge in [0.15, 0.2) is 0 Å². The van der Waals surface area contributed by atoms with Gasteiger partial charge >= 0.3 is 0 Å². The maximum atomic E-state index is 14.7. The first-order chi connectivity index (χ1) is 14.0. The minimum absolute atomic E-state index is 0.00467. The minimum atomic E-state index is -0.568. The lowest BCUT2D eigenvalue weighted by molar-refractivity contribution is 0.0720. The van der Waals surface area contributed by atoms with Crippen molar-refractivity contribution in [2.24, 2.45) is 0 Å². The van der Waals surface area contributed by atoms with Gasteiger partial charge in [-0.3, -0.25) is 4.79 Å². The van der Waals surface area contributed by atoms with Crippen LogP contribution in [0.3, 0.4) is 0 Å². The summed E-state index contributed by atoms with van der Waals surface area (Å²) in [6.07, 6.45) is 3.82. The summed E-state index contributed by atoms with van der Waals surface area (Å²) in [5.74, 6) is -0.194. The number of halogens is 1. The molecule has 0 radical (unpaired) electrons. The maximum Gasteiger partial charge on any atom is 0.259 e. The Hall–Kier alpha value is -3.36. The van der Waals surface area contributed by atoms with E-state index < -0.39 is 5.82 Å². The Morgan fingerprint density at radius 1 is 1.07 bits per heavy atom. The molecule has 9 heteroatoms. The van der Waals surface area contributed by atoms with Gasteiger partial charge in [-0.1, -0.05) is 6.07 Å². The highest BCUT2D eigenvalue weighted by Gasteiger charge is 2.47. The molecule has 2 aromatic heterocycles. The zero-order valence-corrected chi connectivity index (χ0v) is 16.2. The number of carbonyl (C=O) groups is 1. The molecule has 1 aromatic carbocycles. The van der Waals surface area contributed by atoms with Crippen LogP contribution in [0.25, 0.3) is 5.69 Å². The summed E-state index contributed by atoms with van der Waals surface area (Å²) in [5, 5.41) is 8.11. The monoisotopic (exact) mass is 393 g/mol. The van der Waals surface area contributed by atoms with Gasteiger partial charge in [-0.25, -0.2) is 14.4 Å². The predicted octanol–water partition coefficient (Wildman–Crippen LogP) is 1.92. The summed E-state index contributed by atoms with van der Waals surface area (Å²) in [6.45, 7) is 5.06. The van der Waals surface area contributed by atoms with Crippen molar-refractivity contribution in [3.63, 3.8) is 0 Å². The molecule has 8 nitrogen and oxygen atoms in total. The van der Waals surface area contributed by atoms with E-state index in [4.69, 9.17) is 0 Å². The zero-order chi connectivity index (χ0) is 20.1. The summed E-state index contributed by atoms with van der Waals surface area (Å²) >= 11 is 0. The number of piperazine rings is 1. The number of benzene rings is 1. The second-order valence-corrected chi connectivity index (χ2v) is 7.56. The molecule has 148 valence electrons. The fourth-order valence-corrected chi connectivity index (χ4v) is 4.37. The fourth-order valence-electron chi connectivity index (χ4n) is 4.37. The van der Waals surface area contributed by atoms with E-state index in [1.807, 2.05) is 19.9 Å². The second kappa shape index (κ2) is 6.61. The normalized spacial score (nSPS) is 20.5. The SMILES string of the molecule is Cc1cc(C)nc(N2C[C@H]3C[C@@H]2CN3C(=O)c2c(F)cccc2-n2nccn2)n1. The number of anilines is 1. The third kappa shape index (κ3) is 2.93. The standard InChI is InChI=1S/C20H20FN7O/c1-12-8-13(2)25-20(24-12)27-11-14-9-15(27)10-26(14)19(29)18-16(21)4-3-5-17(18)28-22-6-7-23-28/h3-8,14-15H,9-11H2,1-2H3/t14-,15-/m1/s1. The summed E-state index contributed by atoms with van der Waals surface area (Å²) in [5.41, 5.74) is 2.19. The van der Waals surface area contributed by atoms with Crippen molar-refractivity contribution in [3.8, 4) is 5.69 Å². The van der Waals surface area contributed by atoms with Gasteiger partial charge in [0.05, 0.1) is 24.5 Å². The number of rotatable bonds is 3. The Kier molecular flexibility index (Phi) is 4.04. The largest absolute Gasteiger partial charge is 0.334 e. The summed E-state index contributed by atoms with van der Waals surface area (Å²) < 4.78 is 14.7. The lowest BCUT2D eigenvalue weighted by Gasteiger charge is -2.34. The number of hydrogen-bond acceptors (Lipinski definition) is 6. The minimum Gasteiger partial charge on any atom is -0.334 e. The molecule has 5 rings (SSSR count). The van der Waals surface area contributed by atoms with Crippen LogP contribution in [0.5, 0.6) is 0 Å². The molecule has 0 N–H and O–H groups in total. The topological polar surface area (TPSA) is 80.0 Å². The number of amides is 1. The van der Waals surface area contributed by atoms with Gasteiger partial charge in [0.1, 0.15) is 17.1 Å². The van der Waals surface area contributed by atoms with Crippen molar-refractivity contribution in [1.82, 2.24) is 29.9 Å². The van der Waals surface area contributed by atoms with Gasteiger partial charge in [0, 0.05) is 24.5 Å². The van der Waals surface area contributed by atoms with Crippen LogP contribution in [-0.4, -0.2) is 60.9 Å². The van der Waals surface area contributed by atoms with Crippen molar-refractivity contribution in [3.05, 3.63) is 59.4 Å². The van der Waals surface area contributed by atoms with Crippen molar-refractivity contribution in [1.29, 1.82) is 0 Å². The molecular formula is C20H20FN7O. The molecule has 2 fully saturated rings. The lowest BCUT2D eigenvalue weighted by Crippen LogP contribution is -2.49. The highest BCUT2D eigenvalue weighted by molar-refractivity contribution is 5.98. The quantitative estimate of drug-likeness (QED) is 0.676. The van der Waals surface area contributed by atoms with E-state index in [1.54, 1.807) is 17.0 Å². The third-order valence-corrected chi connectivity index (χ3v) is 5.57. The fraction of sp³-hybridized carbons (Fsp3) is 0.350. The number of likely N-dealkylation sites (tertiary alicyclic amines) is 1. The molecule has 29 heavy (non-hydrogen) atoms. The Bertz CT molecular complexity index is 1060. The number of aryl methyl sites for hydroxylation is 2. The van der Waals surface area contributed by atoms with Crippen LogP contribution in [0.4, 0.5) is 10.3 Å². The molecule has 2 saturated heterocycles. The van der Waals surface area contributed by atoms with Crippen LogP contribution >= 0.6 is 0 Å². The number of hydrogen-bond donors (Lipinski definition) is 0. The number of aromatic nitrogens is 5. The van der Waals surface area contributed by atoms with Crippen LogP contribution < -0.4 is 4.90 Å². The van der Waals surface area contributed by atoms with Gasteiger partial charge in [-0.2, -0.15) is 15.0 Å². The molecule has 3 aromatic rings. The van der Waals surface area contributed by atoms with Gasteiger partial charge < -0.3 is 9.80 Å². The second-order valence-electron chi connectivity index (χ2n) is 7.56. The van der Waals surface area contributed by atoms with Crippen LogP contribution in [0, 0.1) is 19.7 Å². The molecule has 2 aliphatic rings. The number of carbonyl (C=O) groups excluding carboxylic acids is 1. The van der Waals surface area contributed by atoms with Gasteiger partial charge in [-0.05, 0) is 38.5 Å². The molecule has 0 unspecified atom stereocenters. The van der Waals surface area contributed by atoms with E-state index in [-0.39, 0.29) is 23.6 Å². The number of fused-ring (bicyclic) bond motifs is 2. The van der Waals surface area contributed by atoms with Gasteiger partial charge in [0.2, 0.25) is 5.95 Å². The van der Waals surface area contributed by atoms with Gasteiger partial charge in [0.25, 0.3) is 5.91 Å². The third-order valence-electron chi connectivity index (χ3n) is 5.57. The summed E-state index contributed by atoms with van der Waals surface area (Å²) in [4.78, 5) is 27.6. The highest BCUT2D eigenvalue weighted by Crippen LogP contribution is 2.35. The smallest absolute Gasteiger partial charge is 0.259 e. The first-order valence-electron chi connectivity index (χ1n) is 9.56. The zero-order valence-electron chi connectivity index (χ0n) is 16.2. The summed E-state index contributed by atoms with van der Waals surface area (Å²) in [6, 6.07) is 6.57. The lowest BCUT2D eigenvalue weighted by atomic mass is 10.1. The van der Waals surface area contributed by atoms with Crippen molar-refractivity contribution < 1.29 is 9.18 Å². The van der Waals surface area contributed by atoms with Crippen LogP contribution in [0.15, 0.2) is 36.7 Å². The van der Waals surface area contributed by atoms with Crippen LogP contribution in [0.1, 0.15) is 28.2 Å². The maximum absolute atomic E-state index is 14.7. The molecule has 4 heterocycles. The molecule has 1 amide bonds. The van der Waals surface area contributed by atoms with E-state index in [1.165, 1.54) is 23.3 Å². The van der Waals surface area contributed by atoms with E-state index in [0.29, 0.717) is 24.7 Å². The van der Waals surface area contributed by atoms with E-state index in [9.17, 15) is 9.18 Å². The highest BCUT2D eigenvalue weighted by atomic mass is 19.1. The Labute approximate surface area is 167 Å². The van der Waals surface area contributed by atoms with Crippen molar-refractivity contribution >= 4 is 11.9 Å². The van der Waals surface area contributed by atoms with Gasteiger partial charge in [-0.15, -0.1) is 0 Å². The Morgan fingerprint density at radius 2 is 1.79 bits per heavy atom. The molecule has 0 spiro atoms. The molecule has 2 bridgehead atoms. The average molecular weight is 393 g/mol. The van der Waals surface area contributed by atoms with E-state index in [0.717, 1.165) is 17.8 Å². The Balaban J connectivity index is 1.42. The molecule has 0 aliphatic carbocycles. The van der Waals surface area contributed by atoms with Crippen LogP contribution in [0.2, 0.25) is 0 Å². The van der Waals surface area contributed by atoms with Crippen molar-refractivity contribution in [2.45, 2.75) is 32.4 Å². The first kappa shape index (κ1) is 17.7. The molecule has 2 atom stereocenters. The molecule has 0 saturated carbocycles. The average Bonchev–Trinajstić information content (AvgIpc) is 3.43. The van der Waals surface area contributed by atoms with E-state index in [2.05, 4.69) is 25.1 Å². The van der Waals surface area contributed by atoms with E-state index >= 15 is 0 Å². The van der Waals surface area contributed by atoms with Crippen LogP contribution in [-0.2, 0) is 0 Å². The van der Waals surface area contributed by atoms with Crippen molar-refractivity contribution in [2.75, 3.05) is 18.0 Å². The molecule has 2 aliphatic heterocycles. The summed E-state index contributed by atoms with van der Waals surface area (Å²) in [7, 11) is 0. The first-order valence-corrected chi connectivity index (χ1v) is 9.56. The molecular weight excluding hydrogens is 373 g/mol. The Morgan fingerprint density at radius 3 is 2.45 bits per heavy atom. The predicted molar refractivity (Wildman–Crippen MR) is 103 cm³/mol. The number of nitrogens with zero attached hydrogens (tertiary/aromatic N) is 7.